The quantitative estimate of drug-likeness (QED) is 0.689. The monoisotopic (exact) mass is 281 g/mol. The summed E-state index contributed by atoms with van der Waals surface area (Å²) in [4.78, 5) is 13.5. The number of ether oxygens (including phenoxy) is 1. The van der Waals surface area contributed by atoms with Crippen molar-refractivity contribution in [1.82, 2.24) is 4.98 Å². The number of pyridine rings is 1. The van der Waals surface area contributed by atoms with Gasteiger partial charge < -0.3 is 10.5 Å². The number of hydrogen-bond donors (Lipinski definition) is 1. The van der Waals surface area contributed by atoms with Crippen LogP contribution in [0.1, 0.15) is 5.56 Å². The molecule has 0 aliphatic rings. The van der Waals surface area contributed by atoms with Gasteiger partial charge in [0.25, 0.3) is 11.6 Å². The summed E-state index contributed by atoms with van der Waals surface area (Å²) in [6.45, 7) is 1.61. The lowest BCUT2D eigenvalue weighted by Crippen LogP contribution is -2.01. The minimum absolute atomic E-state index is 0.0385. The zero-order chi connectivity index (χ0) is 14.9. The van der Waals surface area contributed by atoms with Gasteiger partial charge in [-0.3, -0.25) is 10.1 Å². The smallest absolute Gasteiger partial charge is 0.273 e. The number of aryl methyl sites for hydroxylation is 1. The normalized spacial score (nSPS) is 10.3. The first-order valence-corrected chi connectivity index (χ1v) is 5.43. The predicted octanol–water partition coefficient (Wildman–Crippen LogP) is 2.95. The standard InChI is InChI=1S/C12H9F2N3O3/c1-6-2-3-7(17(18)19)4-10(6)20-12-9(14)5-8(13)11(15)16-12/h2-5H,1H3,(H2,15,16). The number of rotatable bonds is 3. The molecule has 1 aromatic heterocycles. The molecule has 0 saturated heterocycles. The second-order valence-electron chi connectivity index (χ2n) is 3.95. The van der Waals surface area contributed by atoms with Crippen molar-refractivity contribution < 1.29 is 18.4 Å². The van der Waals surface area contributed by atoms with E-state index < -0.39 is 28.3 Å². The highest BCUT2D eigenvalue weighted by molar-refractivity contribution is 5.46. The molecule has 6 nitrogen and oxygen atoms in total. The fourth-order valence-corrected chi connectivity index (χ4v) is 1.45. The van der Waals surface area contributed by atoms with Gasteiger partial charge in [-0.15, -0.1) is 0 Å². The van der Waals surface area contributed by atoms with Crippen molar-refractivity contribution in [3.63, 3.8) is 0 Å². The molecule has 1 heterocycles. The molecule has 2 aromatic rings. The molecule has 0 atom stereocenters. The number of non-ortho nitro benzene ring substituents is 1. The van der Waals surface area contributed by atoms with E-state index in [-0.39, 0.29) is 11.4 Å². The minimum atomic E-state index is -1.05. The zero-order valence-electron chi connectivity index (χ0n) is 10.3. The summed E-state index contributed by atoms with van der Waals surface area (Å²) in [6, 6.07) is 4.38. The largest absolute Gasteiger partial charge is 0.436 e. The Morgan fingerprint density at radius 3 is 2.65 bits per heavy atom. The molecule has 8 heteroatoms. The lowest BCUT2D eigenvalue weighted by Gasteiger charge is -2.09. The maximum absolute atomic E-state index is 13.5. The molecular formula is C12H9F2N3O3. The second-order valence-corrected chi connectivity index (χ2v) is 3.95. The Balaban J connectivity index is 2.42. The van der Waals surface area contributed by atoms with E-state index in [1.54, 1.807) is 6.92 Å². The van der Waals surface area contributed by atoms with Crippen LogP contribution in [0, 0.1) is 28.7 Å². The van der Waals surface area contributed by atoms with Gasteiger partial charge in [0.1, 0.15) is 5.75 Å². The molecule has 1 aromatic carbocycles. The molecule has 2 rings (SSSR count). The molecule has 0 amide bonds. The molecule has 0 unspecified atom stereocenters. The summed E-state index contributed by atoms with van der Waals surface area (Å²) in [5.74, 6) is -3.10. The number of nitrogen functional groups attached to an aromatic ring is 1. The highest BCUT2D eigenvalue weighted by atomic mass is 19.1. The molecule has 0 aliphatic heterocycles. The number of nitrogens with zero attached hydrogens (tertiary/aromatic N) is 2. The van der Waals surface area contributed by atoms with Crippen LogP contribution in [0.25, 0.3) is 0 Å². The van der Waals surface area contributed by atoms with Gasteiger partial charge in [-0.25, -0.2) is 8.78 Å². The molecule has 0 radical (unpaired) electrons. The van der Waals surface area contributed by atoms with Crippen LogP contribution in [0.15, 0.2) is 24.3 Å². The summed E-state index contributed by atoms with van der Waals surface area (Å²) >= 11 is 0. The number of hydrogen-bond acceptors (Lipinski definition) is 5. The van der Waals surface area contributed by atoms with Crippen LogP contribution in [0.3, 0.4) is 0 Å². The van der Waals surface area contributed by atoms with E-state index in [0.29, 0.717) is 11.6 Å². The number of nitro benzene ring substituents is 1. The second kappa shape index (κ2) is 5.08. The van der Waals surface area contributed by atoms with E-state index in [9.17, 15) is 18.9 Å². The molecule has 0 bridgehead atoms. The average Bonchev–Trinajstić information content (AvgIpc) is 2.38. The van der Waals surface area contributed by atoms with Gasteiger partial charge in [0.05, 0.1) is 11.0 Å². The van der Waals surface area contributed by atoms with Crippen LogP contribution < -0.4 is 10.5 Å². The fourth-order valence-electron chi connectivity index (χ4n) is 1.45. The van der Waals surface area contributed by atoms with E-state index in [2.05, 4.69) is 4.98 Å². The number of benzene rings is 1. The Bertz CT molecular complexity index is 692. The van der Waals surface area contributed by atoms with Crippen molar-refractivity contribution in [3.8, 4) is 11.6 Å². The van der Waals surface area contributed by atoms with Gasteiger partial charge in [-0.05, 0) is 18.6 Å². The number of anilines is 1. The number of aromatic nitrogens is 1. The van der Waals surface area contributed by atoms with Gasteiger partial charge >= 0.3 is 0 Å². The average molecular weight is 281 g/mol. The number of nitro groups is 1. The maximum Gasteiger partial charge on any atom is 0.273 e. The van der Waals surface area contributed by atoms with Crippen molar-refractivity contribution in [1.29, 1.82) is 0 Å². The number of nitrogens with two attached hydrogens (primary N) is 1. The minimum Gasteiger partial charge on any atom is -0.436 e. The molecular weight excluding hydrogens is 272 g/mol. The van der Waals surface area contributed by atoms with E-state index in [1.807, 2.05) is 0 Å². The number of halogens is 2. The first-order chi connectivity index (χ1) is 9.38. The maximum atomic E-state index is 13.5. The predicted molar refractivity (Wildman–Crippen MR) is 66.5 cm³/mol. The topological polar surface area (TPSA) is 91.3 Å². The molecule has 2 N–H and O–H groups in total. The summed E-state index contributed by atoms with van der Waals surface area (Å²) in [7, 11) is 0. The van der Waals surface area contributed by atoms with Crippen molar-refractivity contribution in [2.75, 3.05) is 5.73 Å². The van der Waals surface area contributed by atoms with Crippen LogP contribution in [0.2, 0.25) is 0 Å². The van der Waals surface area contributed by atoms with E-state index >= 15 is 0 Å². The van der Waals surface area contributed by atoms with Crippen molar-refractivity contribution >= 4 is 11.5 Å². The summed E-state index contributed by atoms with van der Waals surface area (Å²) in [5, 5.41) is 10.7. The highest BCUT2D eigenvalue weighted by Gasteiger charge is 2.15. The van der Waals surface area contributed by atoms with Crippen molar-refractivity contribution in [2.24, 2.45) is 0 Å². The van der Waals surface area contributed by atoms with Crippen LogP contribution >= 0.6 is 0 Å². The van der Waals surface area contributed by atoms with Crippen LogP contribution in [0.5, 0.6) is 11.6 Å². The van der Waals surface area contributed by atoms with Gasteiger partial charge in [0, 0.05) is 12.1 Å². The Morgan fingerprint density at radius 2 is 2.00 bits per heavy atom. The summed E-state index contributed by atoms with van der Waals surface area (Å²) in [5.41, 5.74) is 5.52. The van der Waals surface area contributed by atoms with Gasteiger partial charge in [-0.2, -0.15) is 4.98 Å². The molecule has 0 saturated carbocycles. The van der Waals surface area contributed by atoms with Crippen LogP contribution in [0.4, 0.5) is 20.3 Å². The van der Waals surface area contributed by atoms with E-state index in [1.165, 1.54) is 12.1 Å². The van der Waals surface area contributed by atoms with E-state index in [0.717, 1.165) is 6.07 Å². The third-order valence-corrected chi connectivity index (χ3v) is 2.51. The van der Waals surface area contributed by atoms with E-state index in [4.69, 9.17) is 10.5 Å². The Hall–Kier alpha value is -2.77. The molecule has 0 spiro atoms. The Kier molecular flexibility index (Phi) is 3.47. The first-order valence-electron chi connectivity index (χ1n) is 5.43. The zero-order valence-corrected chi connectivity index (χ0v) is 10.3. The van der Waals surface area contributed by atoms with Crippen molar-refractivity contribution in [2.45, 2.75) is 6.92 Å². The third-order valence-electron chi connectivity index (χ3n) is 2.51. The Labute approximate surface area is 112 Å². The van der Waals surface area contributed by atoms with Crippen molar-refractivity contribution in [3.05, 3.63) is 51.6 Å². The third kappa shape index (κ3) is 2.63. The van der Waals surface area contributed by atoms with Crippen LogP contribution in [-0.4, -0.2) is 9.91 Å². The lowest BCUT2D eigenvalue weighted by atomic mass is 10.2. The summed E-state index contributed by atoms with van der Waals surface area (Å²) < 4.78 is 31.6. The molecule has 0 aliphatic carbocycles. The SMILES string of the molecule is Cc1ccc([N+](=O)[O-])cc1Oc1nc(N)c(F)cc1F. The first kappa shape index (κ1) is 13.7. The molecule has 20 heavy (non-hydrogen) atoms. The fraction of sp³-hybridized carbons (Fsp3) is 0.0833. The van der Waals surface area contributed by atoms with Gasteiger partial charge in [-0.1, -0.05) is 0 Å². The lowest BCUT2D eigenvalue weighted by molar-refractivity contribution is -0.384. The highest BCUT2D eigenvalue weighted by Crippen LogP contribution is 2.30. The molecule has 0 fully saturated rings. The van der Waals surface area contributed by atoms with Crippen LogP contribution in [-0.2, 0) is 0 Å². The molecule has 104 valence electrons. The summed E-state index contributed by atoms with van der Waals surface area (Å²) in [6.07, 6.45) is 0. The Morgan fingerprint density at radius 1 is 1.30 bits per heavy atom. The van der Waals surface area contributed by atoms with Gasteiger partial charge in [0.15, 0.2) is 17.5 Å². The van der Waals surface area contributed by atoms with Gasteiger partial charge in [0.2, 0.25) is 0 Å².